The van der Waals surface area contributed by atoms with E-state index in [1.54, 1.807) is 0 Å². The zero-order valence-electron chi connectivity index (χ0n) is 20.9. The fourth-order valence-corrected chi connectivity index (χ4v) is 3.46. The second kappa shape index (κ2) is 14.4. The molecule has 3 heterocycles. The Bertz CT molecular complexity index is 1200. The van der Waals surface area contributed by atoms with Crippen molar-refractivity contribution >= 4 is 11.9 Å². The number of aryl methyl sites for hydroxylation is 1. The van der Waals surface area contributed by atoms with E-state index in [0.717, 1.165) is 30.9 Å². The normalized spacial score (nSPS) is 15.1. The Kier molecular flexibility index (Phi) is 11.6. The van der Waals surface area contributed by atoms with Crippen LogP contribution in [0.4, 0.5) is 26.3 Å². The average molecular weight is 577 g/mol. The molecule has 0 aliphatic carbocycles. The van der Waals surface area contributed by atoms with E-state index in [9.17, 15) is 26.3 Å². The lowest BCUT2D eigenvalue weighted by atomic mass is 10.0. The molecule has 1 aliphatic rings. The topological polar surface area (TPSA) is 131 Å². The van der Waals surface area contributed by atoms with E-state index in [0.29, 0.717) is 13.2 Å². The third-order valence-electron chi connectivity index (χ3n) is 5.33. The highest BCUT2D eigenvalue weighted by atomic mass is 19.4. The summed E-state index contributed by atoms with van der Waals surface area (Å²) < 4.78 is 71.4. The van der Waals surface area contributed by atoms with Crippen LogP contribution in [-0.4, -0.2) is 72.5 Å². The number of carboxylic acid groups (broad SMARTS) is 2. The first-order valence-corrected chi connectivity index (χ1v) is 11.4. The van der Waals surface area contributed by atoms with Gasteiger partial charge in [0.25, 0.3) is 0 Å². The van der Waals surface area contributed by atoms with Crippen LogP contribution in [-0.2, 0) is 40.9 Å². The summed E-state index contributed by atoms with van der Waals surface area (Å²) in [6.07, 6.45) is -7.38. The minimum absolute atomic E-state index is 0.0955. The standard InChI is InChI=1S/C20H23N5O.2C2HF3O2/c1-24-18-10-12-25(13-17-9-5-6-11-21-17)19(20(18)22-23-24)15-26-14-16-7-3-2-4-8-16;2*3-2(4,5)1(6)7/h2-9,11,19H,10,12-15H2,1H3;2*(H,6,7). The van der Waals surface area contributed by atoms with E-state index in [1.807, 2.05) is 48.3 Å². The number of halogens is 6. The molecule has 10 nitrogen and oxygen atoms in total. The maximum Gasteiger partial charge on any atom is 0.490 e. The van der Waals surface area contributed by atoms with Crippen molar-refractivity contribution in [3.05, 3.63) is 77.4 Å². The molecular formula is C24H25F6N5O5. The van der Waals surface area contributed by atoms with Crippen LogP contribution in [0.1, 0.15) is 28.7 Å². The highest BCUT2D eigenvalue weighted by Gasteiger charge is 2.39. The van der Waals surface area contributed by atoms with Crippen LogP contribution < -0.4 is 0 Å². The Morgan fingerprint density at radius 1 is 0.975 bits per heavy atom. The van der Waals surface area contributed by atoms with Gasteiger partial charge in [-0.1, -0.05) is 41.6 Å². The number of carbonyl (C=O) groups is 2. The average Bonchev–Trinajstić information content (AvgIpc) is 3.27. The van der Waals surface area contributed by atoms with E-state index < -0.39 is 24.3 Å². The van der Waals surface area contributed by atoms with Gasteiger partial charge in [0.2, 0.25) is 0 Å². The summed E-state index contributed by atoms with van der Waals surface area (Å²) in [6.45, 7) is 2.93. The van der Waals surface area contributed by atoms with Crippen molar-refractivity contribution in [1.82, 2.24) is 24.9 Å². The second-order valence-corrected chi connectivity index (χ2v) is 8.21. The quantitative estimate of drug-likeness (QED) is 0.420. The highest BCUT2D eigenvalue weighted by Crippen LogP contribution is 2.29. The van der Waals surface area contributed by atoms with Gasteiger partial charge in [0.05, 0.1) is 30.6 Å². The number of alkyl halides is 6. The molecule has 2 N–H and O–H groups in total. The fraction of sp³-hybridized carbons (Fsp3) is 0.375. The van der Waals surface area contributed by atoms with E-state index in [-0.39, 0.29) is 6.04 Å². The number of benzene rings is 1. The van der Waals surface area contributed by atoms with Crippen LogP contribution in [0, 0.1) is 0 Å². The number of rotatable bonds is 6. The number of hydrogen-bond acceptors (Lipinski definition) is 7. The Labute approximate surface area is 223 Å². The minimum atomic E-state index is -5.08. The molecule has 0 radical (unpaired) electrons. The monoisotopic (exact) mass is 577 g/mol. The number of carboxylic acids is 2. The van der Waals surface area contributed by atoms with Crippen LogP contribution in [0.25, 0.3) is 0 Å². The smallest absolute Gasteiger partial charge is 0.475 e. The molecule has 2 aromatic heterocycles. The number of fused-ring (bicyclic) bond motifs is 1. The van der Waals surface area contributed by atoms with Gasteiger partial charge >= 0.3 is 24.3 Å². The Balaban J connectivity index is 0.000000333. The lowest BCUT2D eigenvalue weighted by Gasteiger charge is -2.34. The maximum absolute atomic E-state index is 10.6. The Hall–Kier alpha value is -4.05. The first-order chi connectivity index (χ1) is 18.7. The van der Waals surface area contributed by atoms with Crippen molar-refractivity contribution < 1.29 is 50.9 Å². The Morgan fingerprint density at radius 2 is 1.55 bits per heavy atom. The van der Waals surface area contributed by atoms with E-state index >= 15 is 0 Å². The van der Waals surface area contributed by atoms with Gasteiger partial charge < -0.3 is 14.9 Å². The molecule has 0 spiro atoms. The maximum atomic E-state index is 10.6. The molecule has 40 heavy (non-hydrogen) atoms. The zero-order chi connectivity index (χ0) is 29.9. The van der Waals surface area contributed by atoms with Gasteiger partial charge in [-0.05, 0) is 17.7 Å². The number of nitrogens with zero attached hydrogens (tertiary/aromatic N) is 5. The molecule has 0 amide bonds. The van der Waals surface area contributed by atoms with Crippen LogP contribution >= 0.6 is 0 Å². The predicted molar refractivity (Wildman–Crippen MR) is 126 cm³/mol. The van der Waals surface area contributed by atoms with Crippen molar-refractivity contribution in [2.75, 3.05) is 13.2 Å². The van der Waals surface area contributed by atoms with Crippen LogP contribution in [0.5, 0.6) is 0 Å². The third-order valence-corrected chi connectivity index (χ3v) is 5.33. The van der Waals surface area contributed by atoms with Crippen LogP contribution in [0.3, 0.4) is 0 Å². The molecule has 1 atom stereocenters. The van der Waals surface area contributed by atoms with Crippen molar-refractivity contribution in [3.63, 3.8) is 0 Å². The number of hydrogen-bond donors (Lipinski definition) is 2. The molecule has 3 aromatic rings. The number of ether oxygens (including phenoxy) is 1. The van der Waals surface area contributed by atoms with Gasteiger partial charge in [-0.3, -0.25) is 14.6 Å². The molecule has 1 unspecified atom stereocenters. The zero-order valence-corrected chi connectivity index (χ0v) is 20.9. The molecule has 218 valence electrons. The van der Waals surface area contributed by atoms with Crippen molar-refractivity contribution in [1.29, 1.82) is 0 Å². The minimum Gasteiger partial charge on any atom is -0.475 e. The van der Waals surface area contributed by atoms with E-state index in [2.05, 4.69) is 38.4 Å². The molecule has 1 aliphatic heterocycles. The summed E-state index contributed by atoms with van der Waals surface area (Å²) in [5.41, 5.74) is 4.48. The molecule has 0 fully saturated rings. The van der Waals surface area contributed by atoms with Gasteiger partial charge in [0.15, 0.2) is 0 Å². The summed E-state index contributed by atoms with van der Waals surface area (Å²) >= 11 is 0. The van der Waals surface area contributed by atoms with Crippen LogP contribution in [0.2, 0.25) is 0 Å². The molecule has 16 heteroatoms. The number of pyridine rings is 1. The van der Waals surface area contributed by atoms with Gasteiger partial charge in [0.1, 0.15) is 5.69 Å². The van der Waals surface area contributed by atoms with Gasteiger partial charge in [-0.2, -0.15) is 26.3 Å². The summed E-state index contributed by atoms with van der Waals surface area (Å²) in [4.78, 5) is 24.7. The highest BCUT2D eigenvalue weighted by molar-refractivity contribution is 5.73. The molecular weight excluding hydrogens is 552 g/mol. The largest absolute Gasteiger partial charge is 0.490 e. The lowest BCUT2D eigenvalue weighted by Crippen LogP contribution is -2.38. The molecule has 0 saturated carbocycles. The summed E-state index contributed by atoms with van der Waals surface area (Å²) in [5, 5.41) is 22.9. The van der Waals surface area contributed by atoms with E-state index in [4.69, 9.17) is 24.5 Å². The molecule has 0 bridgehead atoms. The van der Waals surface area contributed by atoms with Gasteiger partial charge in [0, 0.05) is 32.8 Å². The van der Waals surface area contributed by atoms with Crippen LogP contribution in [0.15, 0.2) is 54.7 Å². The number of aromatic nitrogens is 4. The third kappa shape index (κ3) is 10.3. The van der Waals surface area contributed by atoms with Gasteiger partial charge in [-0.15, -0.1) is 5.10 Å². The first-order valence-electron chi connectivity index (χ1n) is 11.4. The molecule has 4 rings (SSSR count). The van der Waals surface area contributed by atoms with Gasteiger partial charge in [-0.25, -0.2) is 9.59 Å². The number of aliphatic carboxylic acids is 2. The van der Waals surface area contributed by atoms with Crippen molar-refractivity contribution in [3.8, 4) is 0 Å². The van der Waals surface area contributed by atoms with E-state index in [1.165, 1.54) is 11.3 Å². The summed E-state index contributed by atoms with van der Waals surface area (Å²) in [6, 6.07) is 16.4. The first kappa shape index (κ1) is 32.2. The van der Waals surface area contributed by atoms with Crippen molar-refractivity contribution in [2.24, 2.45) is 7.05 Å². The van der Waals surface area contributed by atoms with Crippen molar-refractivity contribution in [2.45, 2.75) is 38.0 Å². The lowest BCUT2D eigenvalue weighted by molar-refractivity contribution is -0.193. The second-order valence-electron chi connectivity index (χ2n) is 8.21. The summed E-state index contributed by atoms with van der Waals surface area (Å²) in [5.74, 6) is -5.51. The molecule has 0 saturated heterocycles. The molecule has 1 aromatic carbocycles. The summed E-state index contributed by atoms with van der Waals surface area (Å²) in [7, 11) is 1.96. The fourth-order valence-electron chi connectivity index (χ4n) is 3.46. The SMILES string of the molecule is Cn1nnc2c1CCN(Cc1ccccn1)C2COCc1ccccc1.O=C(O)C(F)(F)F.O=C(O)C(F)(F)F. The Morgan fingerprint density at radius 3 is 2.08 bits per heavy atom. The predicted octanol–water partition coefficient (Wildman–Crippen LogP) is 3.79.